The van der Waals surface area contributed by atoms with Crippen LogP contribution < -0.4 is 10.2 Å². The van der Waals surface area contributed by atoms with Crippen LogP contribution in [0.25, 0.3) is 0 Å². The van der Waals surface area contributed by atoms with Crippen LogP contribution in [0.2, 0.25) is 5.02 Å². The first-order valence-electron chi connectivity index (χ1n) is 7.94. The van der Waals surface area contributed by atoms with Crippen LogP contribution in [0.15, 0.2) is 48.5 Å². The molecule has 1 N–H and O–H groups in total. The zero-order valence-corrected chi connectivity index (χ0v) is 14.2. The van der Waals surface area contributed by atoms with Crippen molar-refractivity contribution in [2.75, 3.05) is 11.4 Å². The number of para-hydroxylation sites is 1. The molecule has 3 rings (SSSR count). The topological polar surface area (TPSA) is 32.3 Å². The highest BCUT2D eigenvalue weighted by Gasteiger charge is 2.27. The fourth-order valence-corrected chi connectivity index (χ4v) is 3.52. The zero-order valence-electron chi connectivity index (χ0n) is 13.4. The van der Waals surface area contributed by atoms with Crippen LogP contribution in [0.3, 0.4) is 0 Å². The Balaban J connectivity index is 1.67. The predicted molar refractivity (Wildman–Crippen MR) is 95.0 cm³/mol. The summed E-state index contributed by atoms with van der Waals surface area (Å²) in [5, 5.41) is 3.73. The first-order valence-corrected chi connectivity index (χ1v) is 8.32. The molecule has 0 saturated heterocycles. The van der Waals surface area contributed by atoms with Crippen molar-refractivity contribution in [2.45, 2.75) is 32.4 Å². The average molecular weight is 329 g/mol. The van der Waals surface area contributed by atoms with E-state index in [9.17, 15) is 4.79 Å². The third-order valence-electron chi connectivity index (χ3n) is 4.41. The van der Waals surface area contributed by atoms with E-state index in [1.165, 1.54) is 11.3 Å². The number of hydrogen-bond acceptors (Lipinski definition) is 2. The molecule has 2 atom stereocenters. The fourth-order valence-electron chi connectivity index (χ4n) is 3.22. The van der Waals surface area contributed by atoms with Gasteiger partial charge in [-0.1, -0.05) is 48.0 Å². The number of nitrogens with zero attached hydrogens (tertiary/aromatic N) is 1. The summed E-state index contributed by atoms with van der Waals surface area (Å²) in [5.74, 6) is 0.0148. The molecule has 1 aliphatic heterocycles. The zero-order chi connectivity index (χ0) is 16.4. The van der Waals surface area contributed by atoms with Gasteiger partial charge in [-0.3, -0.25) is 4.79 Å². The van der Waals surface area contributed by atoms with E-state index >= 15 is 0 Å². The molecule has 0 aromatic heterocycles. The largest absolute Gasteiger partial charge is 0.359 e. The maximum absolute atomic E-state index is 12.5. The average Bonchev–Trinajstić information content (AvgIpc) is 2.83. The smallest absolute Gasteiger partial charge is 0.240 e. The quantitative estimate of drug-likeness (QED) is 0.921. The third kappa shape index (κ3) is 3.35. The molecule has 0 unspecified atom stereocenters. The van der Waals surface area contributed by atoms with Crippen molar-refractivity contribution in [3.05, 3.63) is 64.7 Å². The van der Waals surface area contributed by atoms with Gasteiger partial charge in [0, 0.05) is 16.8 Å². The number of benzene rings is 2. The molecule has 2 aromatic carbocycles. The minimum Gasteiger partial charge on any atom is -0.359 e. The third-order valence-corrected chi connectivity index (χ3v) is 4.76. The minimum atomic E-state index is -0.107. The van der Waals surface area contributed by atoms with Crippen molar-refractivity contribution in [1.29, 1.82) is 0 Å². The first kappa shape index (κ1) is 15.9. The van der Waals surface area contributed by atoms with Crippen LogP contribution in [0.5, 0.6) is 0 Å². The summed E-state index contributed by atoms with van der Waals surface area (Å²) in [6, 6.07) is 16.1. The van der Waals surface area contributed by atoms with E-state index in [0.29, 0.717) is 17.6 Å². The fraction of sp³-hybridized carbons (Fsp3) is 0.316. The van der Waals surface area contributed by atoms with Crippen molar-refractivity contribution in [3.8, 4) is 0 Å². The standard InChI is InChI=1S/C19H21ClN2O/c1-13-11-15-7-3-6-10-18(15)22(13)12-19(23)21-14(2)16-8-4-5-9-17(16)20/h3-10,13-14H,11-12H2,1-2H3,(H,21,23)/t13-,14-/m0/s1. The van der Waals surface area contributed by atoms with Gasteiger partial charge in [0.05, 0.1) is 12.6 Å². The first-order chi connectivity index (χ1) is 11.1. The maximum Gasteiger partial charge on any atom is 0.240 e. The Hall–Kier alpha value is -2.00. The number of carbonyl (C=O) groups excluding carboxylic acids is 1. The molecule has 4 heteroatoms. The van der Waals surface area contributed by atoms with Crippen LogP contribution in [-0.4, -0.2) is 18.5 Å². The van der Waals surface area contributed by atoms with Crippen LogP contribution in [-0.2, 0) is 11.2 Å². The monoisotopic (exact) mass is 328 g/mol. The lowest BCUT2D eigenvalue weighted by Crippen LogP contribution is -2.40. The van der Waals surface area contributed by atoms with E-state index in [1.54, 1.807) is 0 Å². The van der Waals surface area contributed by atoms with Crippen molar-refractivity contribution >= 4 is 23.2 Å². The molecule has 1 aliphatic rings. The molecule has 0 bridgehead atoms. The van der Waals surface area contributed by atoms with Gasteiger partial charge in [0.2, 0.25) is 5.91 Å². The highest BCUT2D eigenvalue weighted by atomic mass is 35.5. The molecule has 2 aromatic rings. The molecule has 1 amide bonds. The number of rotatable bonds is 4. The summed E-state index contributed by atoms with van der Waals surface area (Å²) in [6.07, 6.45) is 0.990. The lowest BCUT2D eigenvalue weighted by Gasteiger charge is -2.25. The molecule has 0 fully saturated rings. The minimum absolute atomic E-state index is 0.0148. The second kappa shape index (κ2) is 6.63. The van der Waals surface area contributed by atoms with Crippen molar-refractivity contribution in [2.24, 2.45) is 0 Å². The van der Waals surface area contributed by atoms with E-state index < -0.39 is 0 Å². The number of hydrogen-bond donors (Lipinski definition) is 1. The Bertz CT molecular complexity index is 716. The van der Waals surface area contributed by atoms with E-state index in [4.69, 9.17) is 11.6 Å². The van der Waals surface area contributed by atoms with Crippen molar-refractivity contribution in [3.63, 3.8) is 0 Å². The molecule has 1 heterocycles. The van der Waals surface area contributed by atoms with E-state index in [-0.39, 0.29) is 11.9 Å². The molecule has 0 radical (unpaired) electrons. The van der Waals surface area contributed by atoms with E-state index in [2.05, 4.69) is 35.3 Å². The maximum atomic E-state index is 12.5. The SMILES string of the molecule is C[C@H](NC(=O)CN1c2ccccc2C[C@@H]1C)c1ccccc1Cl. The number of carbonyl (C=O) groups is 1. The van der Waals surface area contributed by atoms with Gasteiger partial charge in [0.25, 0.3) is 0 Å². The Labute approximate surface area is 142 Å². The summed E-state index contributed by atoms with van der Waals surface area (Å²) in [5.41, 5.74) is 3.42. The molecule has 23 heavy (non-hydrogen) atoms. The highest BCUT2D eigenvalue weighted by Crippen LogP contribution is 2.31. The van der Waals surface area contributed by atoms with Gasteiger partial charge in [-0.05, 0) is 43.5 Å². The van der Waals surface area contributed by atoms with E-state index in [0.717, 1.165) is 12.0 Å². The Morgan fingerprint density at radius 1 is 1.26 bits per heavy atom. The molecular weight excluding hydrogens is 308 g/mol. The van der Waals surface area contributed by atoms with Gasteiger partial charge < -0.3 is 10.2 Å². The van der Waals surface area contributed by atoms with Gasteiger partial charge >= 0.3 is 0 Å². The summed E-state index contributed by atoms with van der Waals surface area (Å²) in [4.78, 5) is 14.6. The van der Waals surface area contributed by atoms with Crippen LogP contribution in [0, 0.1) is 0 Å². The number of anilines is 1. The number of amides is 1. The molecular formula is C19H21ClN2O. The molecule has 0 spiro atoms. The van der Waals surface area contributed by atoms with E-state index in [1.807, 2.05) is 37.3 Å². The number of fused-ring (bicyclic) bond motifs is 1. The van der Waals surface area contributed by atoms with Crippen LogP contribution in [0.4, 0.5) is 5.69 Å². The lowest BCUT2D eigenvalue weighted by atomic mass is 10.1. The molecule has 120 valence electrons. The number of halogens is 1. The molecule has 3 nitrogen and oxygen atoms in total. The Kier molecular flexibility index (Phi) is 4.58. The summed E-state index contributed by atoms with van der Waals surface area (Å²) in [6.45, 7) is 4.48. The second-order valence-corrected chi connectivity index (χ2v) is 6.53. The Morgan fingerprint density at radius 2 is 1.96 bits per heavy atom. The number of nitrogens with one attached hydrogen (secondary N) is 1. The molecule has 0 saturated carbocycles. The van der Waals surface area contributed by atoms with Crippen LogP contribution >= 0.6 is 11.6 Å². The Morgan fingerprint density at radius 3 is 2.74 bits per heavy atom. The second-order valence-electron chi connectivity index (χ2n) is 6.12. The van der Waals surface area contributed by atoms with Crippen molar-refractivity contribution in [1.82, 2.24) is 5.32 Å². The predicted octanol–water partition coefficient (Wildman–Crippen LogP) is 3.97. The van der Waals surface area contributed by atoms with Gasteiger partial charge in [-0.15, -0.1) is 0 Å². The summed E-state index contributed by atoms with van der Waals surface area (Å²) in [7, 11) is 0. The van der Waals surface area contributed by atoms with Crippen LogP contribution in [0.1, 0.15) is 31.0 Å². The normalized spacial score (nSPS) is 17.7. The van der Waals surface area contributed by atoms with Gasteiger partial charge in [0.15, 0.2) is 0 Å². The summed E-state index contributed by atoms with van der Waals surface area (Å²) < 4.78 is 0. The highest BCUT2D eigenvalue weighted by molar-refractivity contribution is 6.31. The summed E-state index contributed by atoms with van der Waals surface area (Å²) >= 11 is 6.20. The van der Waals surface area contributed by atoms with Crippen molar-refractivity contribution < 1.29 is 4.79 Å². The van der Waals surface area contributed by atoms with Gasteiger partial charge in [-0.25, -0.2) is 0 Å². The lowest BCUT2D eigenvalue weighted by molar-refractivity contribution is -0.120. The van der Waals surface area contributed by atoms with Gasteiger partial charge in [-0.2, -0.15) is 0 Å². The molecule has 0 aliphatic carbocycles. The van der Waals surface area contributed by atoms with Gasteiger partial charge in [0.1, 0.15) is 0 Å².